The van der Waals surface area contributed by atoms with Gasteiger partial charge in [0.25, 0.3) is 0 Å². The monoisotopic (exact) mass is 299 g/mol. The van der Waals surface area contributed by atoms with Crippen molar-refractivity contribution in [1.82, 2.24) is 4.72 Å². The van der Waals surface area contributed by atoms with Crippen LogP contribution < -0.4 is 4.72 Å². The molecular weight excluding hydrogens is 282 g/mol. The standard InChI is InChI=1S/C13H17NO5S/c1-19-13(16)10-3-2-4-12(7-10)20(17,18)14-8-9-5-11(15)6-9/h2-4,7,9,11,14-15H,5-6,8H2,1H3. The van der Waals surface area contributed by atoms with Crippen LogP contribution in [0.4, 0.5) is 0 Å². The number of carbonyl (C=O) groups excluding carboxylic acids is 1. The minimum absolute atomic E-state index is 0.0280. The molecule has 0 heterocycles. The Morgan fingerprint density at radius 2 is 2.15 bits per heavy atom. The van der Waals surface area contributed by atoms with Crippen LogP contribution in [0.2, 0.25) is 0 Å². The van der Waals surface area contributed by atoms with Crippen molar-refractivity contribution in [2.75, 3.05) is 13.7 Å². The first-order valence-corrected chi connectivity index (χ1v) is 7.77. The SMILES string of the molecule is COC(=O)c1cccc(S(=O)(=O)NCC2CC(O)C2)c1. The summed E-state index contributed by atoms with van der Waals surface area (Å²) in [4.78, 5) is 11.4. The van der Waals surface area contributed by atoms with Gasteiger partial charge in [0.1, 0.15) is 0 Å². The average Bonchev–Trinajstić information content (AvgIpc) is 2.41. The third-order valence-electron chi connectivity index (χ3n) is 3.34. The largest absolute Gasteiger partial charge is 0.465 e. The Kier molecular flexibility index (Phi) is 4.42. The molecule has 2 rings (SSSR count). The van der Waals surface area contributed by atoms with E-state index in [2.05, 4.69) is 9.46 Å². The molecule has 110 valence electrons. The third kappa shape index (κ3) is 3.36. The average molecular weight is 299 g/mol. The van der Waals surface area contributed by atoms with Crippen molar-refractivity contribution in [2.24, 2.45) is 5.92 Å². The molecule has 2 N–H and O–H groups in total. The Morgan fingerprint density at radius 3 is 2.75 bits per heavy atom. The van der Waals surface area contributed by atoms with Gasteiger partial charge >= 0.3 is 5.97 Å². The maximum absolute atomic E-state index is 12.1. The highest BCUT2D eigenvalue weighted by Crippen LogP contribution is 2.26. The van der Waals surface area contributed by atoms with E-state index in [0.717, 1.165) is 0 Å². The quantitative estimate of drug-likeness (QED) is 0.773. The molecule has 0 atom stereocenters. The zero-order valence-corrected chi connectivity index (χ0v) is 11.9. The number of rotatable bonds is 5. The highest BCUT2D eigenvalue weighted by atomic mass is 32.2. The predicted molar refractivity (Wildman–Crippen MR) is 71.7 cm³/mol. The molecule has 0 amide bonds. The van der Waals surface area contributed by atoms with Crippen LogP contribution in [0.25, 0.3) is 0 Å². The van der Waals surface area contributed by atoms with Crippen LogP contribution in [0.5, 0.6) is 0 Å². The fourth-order valence-electron chi connectivity index (χ4n) is 2.09. The van der Waals surface area contributed by atoms with E-state index in [1.54, 1.807) is 0 Å². The zero-order chi connectivity index (χ0) is 14.8. The van der Waals surface area contributed by atoms with Crippen molar-refractivity contribution in [3.63, 3.8) is 0 Å². The van der Waals surface area contributed by atoms with E-state index in [-0.39, 0.29) is 22.5 Å². The van der Waals surface area contributed by atoms with Gasteiger partial charge in [0, 0.05) is 6.54 Å². The van der Waals surface area contributed by atoms with Gasteiger partial charge in [-0.1, -0.05) is 6.07 Å². The molecule has 1 aromatic rings. The van der Waals surface area contributed by atoms with Crippen LogP contribution in [0.15, 0.2) is 29.2 Å². The number of aliphatic hydroxyl groups excluding tert-OH is 1. The molecule has 1 aliphatic carbocycles. The Morgan fingerprint density at radius 1 is 1.45 bits per heavy atom. The van der Waals surface area contributed by atoms with Crippen LogP contribution in [0.3, 0.4) is 0 Å². The lowest BCUT2D eigenvalue weighted by atomic mass is 9.83. The van der Waals surface area contributed by atoms with Crippen molar-refractivity contribution >= 4 is 16.0 Å². The van der Waals surface area contributed by atoms with Crippen LogP contribution in [-0.2, 0) is 14.8 Å². The minimum atomic E-state index is -3.65. The summed E-state index contributed by atoms with van der Waals surface area (Å²) in [7, 11) is -2.41. The molecule has 0 aliphatic heterocycles. The van der Waals surface area contributed by atoms with E-state index >= 15 is 0 Å². The molecule has 1 fully saturated rings. The van der Waals surface area contributed by atoms with Crippen LogP contribution in [-0.4, -0.2) is 39.3 Å². The lowest BCUT2D eigenvalue weighted by Crippen LogP contribution is -2.38. The Labute approximate surface area is 117 Å². The fraction of sp³-hybridized carbons (Fsp3) is 0.462. The Balaban J connectivity index is 2.07. The van der Waals surface area contributed by atoms with Gasteiger partial charge in [-0.2, -0.15) is 0 Å². The van der Waals surface area contributed by atoms with Crippen molar-refractivity contribution in [1.29, 1.82) is 0 Å². The number of methoxy groups -OCH3 is 1. The van der Waals surface area contributed by atoms with E-state index < -0.39 is 16.0 Å². The molecular formula is C13H17NO5S. The van der Waals surface area contributed by atoms with Gasteiger partial charge in [-0.15, -0.1) is 0 Å². The second-order valence-corrected chi connectivity index (χ2v) is 6.63. The molecule has 0 spiro atoms. The summed E-state index contributed by atoms with van der Waals surface area (Å²) in [5, 5.41) is 9.16. The summed E-state index contributed by atoms with van der Waals surface area (Å²) in [6.07, 6.45) is 0.919. The molecule has 1 aromatic carbocycles. The molecule has 0 radical (unpaired) electrons. The number of aliphatic hydroxyl groups is 1. The molecule has 0 saturated heterocycles. The third-order valence-corrected chi connectivity index (χ3v) is 4.76. The topological polar surface area (TPSA) is 92.7 Å². The number of carbonyl (C=O) groups is 1. The molecule has 6 nitrogen and oxygen atoms in total. The van der Waals surface area contributed by atoms with Crippen LogP contribution >= 0.6 is 0 Å². The zero-order valence-electron chi connectivity index (χ0n) is 11.1. The molecule has 20 heavy (non-hydrogen) atoms. The smallest absolute Gasteiger partial charge is 0.337 e. The lowest BCUT2D eigenvalue weighted by Gasteiger charge is -2.31. The number of esters is 1. The number of hydrogen-bond donors (Lipinski definition) is 2. The van der Waals surface area contributed by atoms with E-state index in [1.165, 1.54) is 31.4 Å². The Hall–Kier alpha value is -1.44. The normalized spacial score (nSPS) is 22.1. The number of hydrogen-bond acceptors (Lipinski definition) is 5. The first-order valence-electron chi connectivity index (χ1n) is 6.28. The van der Waals surface area contributed by atoms with E-state index in [0.29, 0.717) is 19.4 Å². The van der Waals surface area contributed by atoms with Gasteiger partial charge in [0.2, 0.25) is 10.0 Å². The molecule has 1 saturated carbocycles. The fourth-order valence-corrected chi connectivity index (χ4v) is 3.25. The molecule has 0 aromatic heterocycles. The van der Waals surface area contributed by atoms with Gasteiger partial charge in [-0.25, -0.2) is 17.9 Å². The summed E-state index contributed by atoms with van der Waals surface area (Å²) in [5.74, 6) is -0.410. The second kappa shape index (κ2) is 5.90. The number of ether oxygens (including phenoxy) is 1. The minimum Gasteiger partial charge on any atom is -0.465 e. The van der Waals surface area contributed by atoms with E-state index in [9.17, 15) is 13.2 Å². The number of benzene rings is 1. The number of nitrogens with one attached hydrogen (secondary N) is 1. The summed E-state index contributed by atoms with van der Waals surface area (Å²) in [6.45, 7) is 0.293. The van der Waals surface area contributed by atoms with Crippen LogP contribution in [0, 0.1) is 5.92 Å². The van der Waals surface area contributed by atoms with E-state index in [1.807, 2.05) is 0 Å². The predicted octanol–water partition coefficient (Wildman–Crippen LogP) is 0.522. The maximum atomic E-state index is 12.1. The molecule has 1 aliphatic rings. The van der Waals surface area contributed by atoms with Gasteiger partial charge in [-0.3, -0.25) is 0 Å². The van der Waals surface area contributed by atoms with Gasteiger partial charge < -0.3 is 9.84 Å². The first-order chi connectivity index (χ1) is 9.42. The summed E-state index contributed by atoms with van der Waals surface area (Å²) in [6, 6.07) is 5.69. The van der Waals surface area contributed by atoms with Crippen LogP contribution in [0.1, 0.15) is 23.2 Å². The van der Waals surface area contributed by atoms with Gasteiger partial charge in [0.05, 0.1) is 23.7 Å². The molecule has 0 bridgehead atoms. The van der Waals surface area contributed by atoms with Crippen molar-refractivity contribution in [3.05, 3.63) is 29.8 Å². The molecule has 0 unspecified atom stereocenters. The van der Waals surface area contributed by atoms with Gasteiger partial charge in [0.15, 0.2) is 0 Å². The highest BCUT2D eigenvalue weighted by molar-refractivity contribution is 7.89. The Bertz CT molecular complexity index is 593. The van der Waals surface area contributed by atoms with Crippen molar-refractivity contribution in [2.45, 2.75) is 23.8 Å². The first kappa shape index (κ1) is 15.0. The molecule has 7 heteroatoms. The summed E-state index contributed by atoms with van der Waals surface area (Å²) >= 11 is 0. The van der Waals surface area contributed by atoms with Crippen molar-refractivity contribution < 1.29 is 23.1 Å². The lowest BCUT2D eigenvalue weighted by molar-refractivity contribution is 0.0453. The highest BCUT2D eigenvalue weighted by Gasteiger charge is 2.28. The van der Waals surface area contributed by atoms with Gasteiger partial charge in [-0.05, 0) is 37.0 Å². The van der Waals surface area contributed by atoms with E-state index in [4.69, 9.17) is 5.11 Å². The summed E-state index contributed by atoms with van der Waals surface area (Å²) in [5.41, 5.74) is 0.189. The maximum Gasteiger partial charge on any atom is 0.337 e. The van der Waals surface area contributed by atoms with Crippen molar-refractivity contribution in [3.8, 4) is 0 Å². The number of sulfonamides is 1. The summed E-state index contributed by atoms with van der Waals surface area (Å²) < 4.78 is 31.2. The second-order valence-electron chi connectivity index (χ2n) is 4.86.